The van der Waals surface area contributed by atoms with Crippen molar-refractivity contribution in [1.82, 2.24) is 9.71 Å². The molecule has 1 N–H and O–H groups in total. The molecule has 1 aromatic carbocycles. The van der Waals surface area contributed by atoms with Gasteiger partial charge in [0.25, 0.3) is 0 Å². The average Bonchev–Trinajstić information content (AvgIpc) is 2.76. The number of fused-ring (bicyclic) bond motifs is 1. The quantitative estimate of drug-likeness (QED) is 0.873. The van der Waals surface area contributed by atoms with Gasteiger partial charge in [0.05, 0.1) is 5.75 Å². The van der Waals surface area contributed by atoms with Crippen LogP contribution < -0.4 is 4.72 Å². The highest BCUT2D eigenvalue weighted by Gasteiger charge is 2.05. The van der Waals surface area contributed by atoms with Crippen LogP contribution in [-0.4, -0.2) is 25.7 Å². The molecule has 0 radical (unpaired) electrons. The zero-order valence-corrected chi connectivity index (χ0v) is 10.3. The van der Waals surface area contributed by atoms with E-state index in [1.807, 2.05) is 18.2 Å². The first-order chi connectivity index (χ1) is 8.11. The van der Waals surface area contributed by atoms with Crippen LogP contribution in [0.15, 0.2) is 29.0 Å². The lowest BCUT2D eigenvalue weighted by Crippen LogP contribution is -2.27. The molecule has 2 rings (SSSR count). The Morgan fingerprint density at radius 2 is 2.24 bits per heavy atom. The Morgan fingerprint density at radius 1 is 1.41 bits per heavy atom. The Balaban J connectivity index is 1.99. The van der Waals surface area contributed by atoms with Gasteiger partial charge in [-0.05, 0) is 31.0 Å². The van der Waals surface area contributed by atoms with Crippen molar-refractivity contribution in [2.45, 2.75) is 13.3 Å². The molecule has 5 nitrogen and oxygen atoms in total. The van der Waals surface area contributed by atoms with Crippen LogP contribution in [0.4, 0.5) is 0 Å². The van der Waals surface area contributed by atoms with Gasteiger partial charge < -0.3 is 4.42 Å². The maximum atomic E-state index is 11.2. The lowest BCUT2D eigenvalue weighted by Gasteiger charge is -2.04. The molecular weight excluding hydrogens is 240 g/mol. The molecular formula is C11H14N2O3S. The summed E-state index contributed by atoms with van der Waals surface area (Å²) in [7, 11) is -3.11. The Labute approximate surface area is 99.9 Å². The van der Waals surface area contributed by atoms with E-state index < -0.39 is 10.0 Å². The van der Waals surface area contributed by atoms with Crippen LogP contribution in [0.1, 0.15) is 12.5 Å². The summed E-state index contributed by atoms with van der Waals surface area (Å²) >= 11 is 0. The van der Waals surface area contributed by atoms with Crippen molar-refractivity contribution in [2.75, 3.05) is 12.3 Å². The lowest BCUT2D eigenvalue weighted by atomic mass is 10.1. The van der Waals surface area contributed by atoms with Crippen LogP contribution in [0.3, 0.4) is 0 Å². The van der Waals surface area contributed by atoms with Crippen LogP contribution in [-0.2, 0) is 16.4 Å². The maximum absolute atomic E-state index is 11.2. The van der Waals surface area contributed by atoms with Crippen molar-refractivity contribution in [3.8, 4) is 0 Å². The van der Waals surface area contributed by atoms with Crippen LogP contribution in [0, 0.1) is 0 Å². The van der Waals surface area contributed by atoms with Crippen molar-refractivity contribution in [1.29, 1.82) is 0 Å². The number of sulfonamides is 1. The molecule has 92 valence electrons. The van der Waals surface area contributed by atoms with Gasteiger partial charge in [0.1, 0.15) is 5.52 Å². The highest BCUT2D eigenvalue weighted by Crippen LogP contribution is 2.14. The third kappa shape index (κ3) is 3.04. The van der Waals surface area contributed by atoms with Gasteiger partial charge in [-0.1, -0.05) is 6.07 Å². The molecule has 0 saturated carbocycles. The second-order valence-corrected chi connectivity index (χ2v) is 5.80. The first-order valence-corrected chi connectivity index (χ1v) is 7.05. The van der Waals surface area contributed by atoms with Gasteiger partial charge in [-0.3, -0.25) is 0 Å². The van der Waals surface area contributed by atoms with Gasteiger partial charge in [0, 0.05) is 6.54 Å². The molecule has 6 heteroatoms. The Morgan fingerprint density at radius 3 is 3.00 bits per heavy atom. The van der Waals surface area contributed by atoms with Crippen LogP contribution in [0.25, 0.3) is 11.1 Å². The number of rotatable bonds is 5. The zero-order chi connectivity index (χ0) is 12.3. The summed E-state index contributed by atoms with van der Waals surface area (Å²) in [4.78, 5) is 4.05. The second kappa shape index (κ2) is 4.85. The van der Waals surface area contributed by atoms with Crippen molar-refractivity contribution in [3.63, 3.8) is 0 Å². The van der Waals surface area contributed by atoms with Crippen LogP contribution in [0.5, 0.6) is 0 Å². The fourth-order valence-corrected chi connectivity index (χ4v) is 2.13. The maximum Gasteiger partial charge on any atom is 0.211 e. The highest BCUT2D eigenvalue weighted by molar-refractivity contribution is 7.89. The fourth-order valence-electron chi connectivity index (χ4n) is 1.51. The highest BCUT2D eigenvalue weighted by atomic mass is 32.2. The van der Waals surface area contributed by atoms with E-state index in [4.69, 9.17) is 4.42 Å². The lowest BCUT2D eigenvalue weighted by molar-refractivity contribution is 0.583. The molecule has 0 aliphatic heterocycles. The molecule has 0 saturated heterocycles. The van der Waals surface area contributed by atoms with E-state index in [0.29, 0.717) is 13.0 Å². The standard InChI is InChI=1S/C11H14N2O3S/c1-2-17(14,15)13-6-5-9-3-4-11-10(7-9)12-8-16-11/h3-4,7-8,13H,2,5-6H2,1H3. The number of nitrogens with one attached hydrogen (secondary N) is 1. The predicted molar refractivity (Wildman–Crippen MR) is 65.2 cm³/mol. The molecule has 17 heavy (non-hydrogen) atoms. The van der Waals surface area contributed by atoms with E-state index >= 15 is 0 Å². The minimum absolute atomic E-state index is 0.106. The van der Waals surface area contributed by atoms with Crippen molar-refractivity contribution in [2.24, 2.45) is 0 Å². The number of nitrogens with zero attached hydrogens (tertiary/aromatic N) is 1. The van der Waals surface area contributed by atoms with Gasteiger partial charge in [-0.15, -0.1) is 0 Å². The summed E-state index contributed by atoms with van der Waals surface area (Å²) in [6.07, 6.45) is 2.04. The summed E-state index contributed by atoms with van der Waals surface area (Å²) < 4.78 is 30.1. The number of aromatic nitrogens is 1. The van der Waals surface area contributed by atoms with Crippen molar-refractivity contribution >= 4 is 21.1 Å². The first kappa shape index (κ1) is 12.1. The van der Waals surface area contributed by atoms with E-state index in [0.717, 1.165) is 16.7 Å². The molecule has 0 spiro atoms. The average molecular weight is 254 g/mol. The number of benzene rings is 1. The fraction of sp³-hybridized carbons (Fsp3) is 0.364. The first-order valence-electron chi connectivity index (χ1n) is 5.40. The summed E-state index contributed by atoms with van der Waals surface area (Å²) in [6.45, 7) is 2.02. The second-order valence-electron chi connectivity index (χ2n) is 3.70. The SMILES string of the molecule is CCS(=O)(=O)NCCc1ccc2ocnc2c1. The van der Waals surface area contributed by atoms with E-state index in [-0.39, 0.29) is 5.75 Å². The molecule has 0 aliphatic carbocycles. The molecule has 0 fully saturated rings. The van der Waals surface area contributed by atoms with Crippen molar-refractivity contribution < 1.29 is 12.8 Å². The van der Waals surface area contributed by atoms with Crippen LogP contribution in [0.2, 0.25) is 0 Å². The van der Waals surface area contributed by atoms with Crippen LogP contribution >= 0.6 is 0 Å². The molecule has 0 aliphatic rings. The van der Waals surface area contributed by atoms with E-state index in [9.17, 15) is 8.42 Å². The Kier molecular flexibility index (Phi) is 3.44. The number of hydrogen-bond acceptors (Lipinski definition) is 4. The summed E-state index contributed by atoms with van der Waals surface area (Å²) in [5, 5.41) is 0. The minimum Gasteiger partial charge on any atom is -0.443 e. The van der Waals surface area contributed by atoms with E-state index in [1.54, 1.807) is 6.92 Å². The van der Waals surface area contributed by atoms with Gasteiger partial charge in [0.2, 0.25) is 10.0 Å². The van der Waals surface area contributed by atoms with E-state index in [2.05, 4.69) is 9.71 Å². The summed E-state index contributed by atoms with van der Waals surface area (Å²) in [5.41, 5.74) is 2.56. The predicted octanol–water partition coefficient (Wildman–Crippen LogP) is 1.31. The molecule has 1 heterocycles. The normalized spacial score (nSPS) is 12.1. The molecule has 0 unspecified atom stereocenters. The smallest absolute Gasteiger partial charge is 0.211 e. The topological polar surface area (TPSA) is 72.2 Å². The third-order valence-corrected chi connectivity index (χ3v) is 3.91. The number of hydrogen-bond donors (Lipinski definition) is 1. The van der Waals surface area contributed by atoms with Gasteiger partial charge in [0.15, 0.2) is 12.0 Å². The summed E-state index contributed by atoms with van der Waals surface area (Å²) in [5.74, 6) is 0.106. The van der Waals surface area contributed by atoms with Crippen molar-refractivity contribution in [3.05, 3.63) is 30.2 Å². The monoisotopic (exact) mass is 254 g/mol. The molecule has 0 amide bonds. The minimum atomic E-state index is -3.11. The number of oxazole rings is 1. The molecule has 0 bridgehead atoms. The Bertz CT molecular complexity index is 604. The largest absolute Gasteiger partial charge is 0.443 e. The zero-order valence-electron chi connectivity index (χ0n) is 9.51. The van der Waals surface area contributed by atoms with Gasteiger partial charge >= 0.3 is 0 Å². The summed E-state index contributed by atoms with van der Waals surface area (Å²) in [6, 6.07) is 5.65. The Hall–Kier alpha value is -1.40. The molecule has 1 aromatic heterocycles. The van der Waals surface area contributed by atoms with Gasteiger partial charge in [-0.2, -0.15) is 0 Å². The third-order valence-electron chi connectivity index (χ3n) is 2.51. The molecule has 0 atom stereocenters. The van der Waals surface area contributed by atoms with Gasteiger partial charge in [-0.25, -0.2) is 18.1 Å². The van der Waals surface area contributed by atoms with E-state index in [1.165, 1.54) is 6.39 Å². The molecule has 2 aromatic rings.